The maximum atomic E-state index is 11.9. The highest BCUT2D eigenvalue weighted by Gasteiger charge is 2.27. The molecule has 0 radical (unpaired) electrons. The number of hydrogen-bond acceptors (Lipinski definition) is 4. The zero-order chi connectivity index (χ0) is 12.7. The van der Waals surface area contributed by atoms with Gasteiger partial charge in [-0.1, -0.05) is 0 Å². The monoisotopic (exact) mass is 266 g/mol. The second kappa shape index (κ2) is 7.27. The molecular formula is C10H22N2O4S. The first-order valence-electron chi connectivity index (χ1n) is 6.03. The first-order chi connectivity index (χ1) is 8.10. The molecule has 0 spiro atoms. The molecule has 1 aliphatic rings. The van der Waals surface area contributed by atoms with E-state index in [1.54, 1.807) is 0 Å². The summed E-state index contributed by atoms with van der Waals surface area (Å²) in [7, 11) is -3.41. The average Bonchev–Trinajstić information content (AvgIpc) is 2.35. The summed E-state index contributed by atoms with van der Waals surface area (Å²) in [5.74, 6) is 0.0622. The van der Waals surface area contributed by atoms with Crippen LogP contribution in [0, 0.1) is 5.92 Å². The average molecular weight is 266 g/mol. The van der Waals surface area contributed by atoms with Crippen LogP contribution >= 0.6 is 0 Å². The number of nitrogens with zero attached hydrogens (tertiary/aromatic N) is 1. The number of piperidine rings is 1. The number of ether oxygens (including phenoxy) is 1. The van der Waals surface area contributed by atoms with Crippen molar-refractivity contribution in [2.75, 3.05) is 39.5 Å². The summed E-state index contributed by atoms with van der Waals surface area (Å²) in [4.78, 5) is 0. The third-order valence-electron chi connectivity index (χ3n) is 2.81. The fourth-order valence-electron chi connectivity index (χ4n) is 1.87. The van der Waals surface area contributed by atoms with Gasteiger partial charge in [-0.15, -0.1) is 0 Å². The Hall–Kier alpha value is -0.210. The van der Waals surface area contributed by atoms with Gasteiger partial charge in [0.25, 0.3) is 10.2 Å². The van der Waals surface area contributed by atoms with E-state index in [2.05, 4.69) is 4.72 Å². The van der Waals surface area contributed by atoms with Crippen LogP contribution in [0.4, 0.5) is 0 Å². The quantitative estimate of drug-likeness (QED) is 0.612. The maximum absolute atomic E-state index is 11.9. The molecule has 6 nitrogen and oxygen atoms in total. The summed E-state index contributed by atoms with van der Waals surface area (Å²) in [5.41, 5.74) is 0. The first kappa shape index (κ1) is 14.8. The Morgan fingerprint density at radius 1 is 1.53 bits per heavy atom. The SMILES string of the molecule is CCOCCNS(=O)(=O)N1CCCC(CO)C1. The smallest absolute Gasteiger partial charge is 0.279 e. The van der Waals surface area contributed by atoms with Crippen LogP contribution < -0.4 is 4.72 Å². The van der Waals surface area contributed by atoms with Crippen LogP contribution in [0.3, 0.4) is 0 Å². The van der Waals surface area contributed by atoms with E-state index < -0.39 is 10.2 Å². The second-order valence-corrected chi connectivity index (χ2v) is 5.90. The maximum Gasteiger partial charge on any atom is 0.279 e. The van der Waals surface area contributed by atoms with Crippen LogP contribution in [0.5, 0.6) is 0 Å². The van der Waals surface area contributed by atoms with E-state index >= 15 is 0 Å². The highest BCUT2D eigenvalue weighted by atomic mass is 32.2. The molecule has 1 saturated heterocycles. The van der Waals surface area contributed by atoms with Gasteiger partial charge in [0.2, 0.25) is 0 Å². The molecule has 0 aliphatic carbocycles. The van der Waals surface area contributed by atoms with Gasteiger partial charge in [-0.25, -0.2) is 0 Å². The van der Waals surface area contributed by atoms with Gasteiger partial charge in [-0.05, 0) is 25.7 Å². The minimum atomic E-state index is -3.41. The molecule has 7 heteroatoms. The molecule has 0 amide bonds. The molecule has 1 unspecified atom stereocenters. The van der Waals surface area contributed by atoms with Crippen LogP contribution in [0.1, 0.15) is 19.8 Å². The van der Waals surface area contributed by atoms with Crippen LogP contribution in [0.2, 0.25) is 0 Å². The van der Waals surface area contributed by atoms with Crippen molar-refractivity contribution in [2.45, 2.75) is 19.8 Å². The second-order valence-electron chi connectivity index (χ2n) is 4.15. The van der Waals surface area contributed by atoms with Crippen molar-refractivity contribution in [2.24, 2.45) is 5.92 Å². The fourth-order valence-corrected chi connectivity index (χ4v) is 3.17. The third-order valence-corrected chi connectivity index (χ3v) is 4.40. The minimum Gasteiger partial charge on any atom is -0.396 e. The molecule has 0 aromatic carbocycles. The Morgan fingerprint density at radius 2 is 2.29 bits per heavy atom. The molecule has 1 rings (SSSR count). The van der Waals surface area contributed by atoms with Crippen molar-refractivity contribution in [3.63, 3.8) is 0 Å². The summed E-state index contributed by atoms with van der Waals surface area (Å²) in [5, 5.41) is 9.06. The lowest BCUT2D eigenvalue weighted by Crippen LogP contribution is -2.47. The number of rotatable bonds is 7. The van der Waals surface area contributed by atoms with Crippen molar-refractivity contribution in [1.82, 2.24) is 9.03 Å². The minimum absolute atomic E-state index is 0.0466. The van der Waals surface area contributed by atoms with Crippen molar-refractivity contribution >= 4 is 10.2 Å². The number of hydrogen-bond donors (Lipinski definition) is 2. The van der Waals surface area contributed by atoms with Gasteiger partial charge in [0.15, 0.2) is 0 Å². The predicted molar refractivity (Wildman–Crippen MR) is 64.8 cm³/mol. The molecule has 1 atom stereocenters. The Balaban J connectivity index is 2.40. The summed E-state index contributed by atoms with van der Waals surface area (Å²) < 4.78 is 32.8. The van der Waals surface area contributed by atoms with Crippen LogP contribution in [0.15, 0.2) is 0 Å². The van der Waals surface area contributed by atoms with E-state index in [4.69, 9.17) is 9.84 Å². The summed E-state index contributed by atoms with van der Waals surface area (Å²) in [6.45, 7) is 4.10. The molecule has 1 fully saturated rings. The van der Waals surface area contributed by atoms with E-state index in [1.807, 2.05) is 6.92 Å². The Morgan fingerprint density at radius 3 is 2.94 bits per heavy atom. The Kier molecular flexibility index (Phi) is 6.35. The summed E-state index contributed by atoms with van der Waals surface area (Å²) >= 11 is 0. The third kappa shape index (κ3) is 4.89. The Labute approximate surface area is 103 Å². The fraction of sp³-hybridized carbons (Fsp3) is 1.00. The topological polar surface area (TPSA) is 78.9 Å². The molecule has 1 heterocycles. The van der Waals surface area contributed by atoms with Crippen molar-refractivity contribution in [3.8, 4) is 0 Å². The molecule has 17 heavy (non-hydrogen) atoms. The van der Waals surface area contributed by atoms with Gasteiger partial charge in [-0.3, -0.25) is 0 Å². The van der Waals surface area contributed by atoms with Crippen LogP contribution in [-0.2, 0) is 14.9 Å². The molecule has 102 valence electrons. The number of nitrogens with one attached hydrogen (secondary N) is 1. The van der Waals surface area contributed by atoms with Gasteiger partial charge >= 0.3 is 0 Å². The lowest BCUT2D eigenvalue weighted by Gasteiger charge is -2.30. The highest BCUT2D eigenvalue weighted by Crippen LogP contribution is 2.17. The molecule has 2 N–H and O–H groups in total. The predicted octanol–water partition coefficient (Wildman–Crippen LogP) is -0.438. The van der Waals surface area contributed by atoms with Crippen LogP contribution in [0.25, 0.3) is 0 Å². The molecule has 0 saturated carbocycles. The molecule has 0 aromatic rings. The van der Waals surface area contributed by atoms with Crippen molar-refractivity contribution in [3.05, 3.63) is 0 Å². The van der Waals surface area contributed by atoms with E-state index in [-0.39, 0.29) is 19.1 Å². The van der Waals surface area contributed by atoms with E-state index in [9.17, 15) is 8.42 Å². The van der Waals surface area contributed by atoms with Crippen LogP contribution in [-0.4, -0.2) is 57.3 Å². The standard InChI is InChI=1S/C10H22N2O4S/c1-2-16-7-5-11-17(14,15)12-6-3-4-10(8-12)9-13/h10-11,13H,2-9H2,1H3. The van der Waals surface area contributed by atoms with E-state index in [0.717, 1.165) is 12.8 Å². The number of aliphatic hydroxyl groups is 1. The first-order valence-corrected chi connectivity index (χ1v) is 7.47. The zero-order valence-electron chi connectivity index (χ0n) is 10.3. The van der Waals surface area contributed by atoms with Crippen molar-refractivity contribution < 1.29 is 18.3 Å². The van der Waals surface area contributed by atoms with Crippen molar-refractivity contribution in [1.29, 1.82) is 0 Å². The van der Waals surface area contributed by atoms with Gasteiger partial charge in [0, 0.05) is 32.8 Å². The lowest BCUT2D eigenvalue weighted by molar-refractivity contribution is 0.150. The van der Waals surface area contributed by atoms with E-state index in [1.165, 1.54) is 4.31 Å². The molecule has 0 aromatic heterocycles. The normalized spacial score (nSPS) is 22.8. The van der Waals surface area contributed by atoms with E-state index in [0.29, 0.717) is 26.3 Å². The van der Waals surface area contributed by atoms with Gasteiger partial charge in [0.1, 0.15) is 0 Å². The highest BCUT2D eigenvalue weighted by molar-refractivity contribution is 7.87. The molecule has 1 aliphatic heterocycles. The van der Waals surface area contributed by atoms with Gasteiger partial charge in [-0.2, -0.15) is 17.4 Å². The number of aliphatic hydroxyl groups excluding tert-OH is 1. The molecular weight excluding hydrogens is 244 g/mol. The molecule has 0 bridgehead atoms. The van der Waals surface area contributed by atoms with Gasteiger partial charge in [0.05, 0.1) is 6.61 Å². The lowest BCUT2D eigenvalue weighted by atomic mass is 10.0. The largest absolute Gasteiger partial charge is 0.396 e. The zero-order valence-corrected chi connectivity index (χ0v) is 11.1. The summed E-state index contributed by atoms with van der Waals surface area (Å²) in [6.07, 6.45) is 1.69. The Bertz CT molecular complexity index is 307. The summed E-state index contributed by atoms with van der Waals surface area (Å²) in [6, 6.07) is 0. The van der Waals surface area contributed by atoms with Gasteiger partial charge < -0.3 is 9.84 Å².